The van der Waals surface area contributed by atoms with Crippen LogP contribution in [0.4, 0.5) is 0 Å². The topological polar surface area (TPSA) is 70.6 Å². The fraction of sp³-hybridized carbons (Fsp3) is 0.533. The van der Waals surface area contributed by atoms with Crippen LogP contribution in [-0.2, 0) is 0 Å². The van der Waals surface area contributed by atoms with Crippen LogP contribution in [0.5, 0.6) is 0 Å². The molecular weight excluding hydrogens is 238 g/mol. The van der Waals surface area contributed by atoms with Gasteiger partial charge in [-0.15, -0.1) is 0 Å². The summed E-state index contributed by atoms with van der Waals surface area (Å²) < 4.78 is 0. The zero-order chi connectivity index (χ0) is 13.7. The van der Waals surface area contributed by atoms with E-state index >= 15 is 0 Å². The van der Waals surface area contributed by atoms with Crippen LogP contribution in [-0.4, -0.2) is 23.6 Å². The Balaban J connectivity index is 2.03. The quantitative estimate of drug-likeness (QED) is 0.329. The van der Waals surface area contributed by atoms with Crippen LogP contribution in [0.3, 0.4) is 0 Å². The lowest BCUT2D eigenvalue weighted by atomic mass is 9.97. The van der Waals surface area contributed by atoms with Crippen molar-refractivity contribution < 1.29 is 5.21 Å². The number of nitrogens with one attached hydrogen (secondary N) is 1. The van der Waals surface area contributed by atoms with E-state index < -0.39 is 0 Å². The number of rotatable bonds is 5. The average molecular weight is 261 g/mol. The maximum atomic E-state index is 8.95. The van der Waals surface area contributed by atoms with E-state index in [1.165, 1.54) is 19.3 Å². The third kappa shape index (κ3) is 3.47. The van der Waals surface area contributed by atoms with Crippen LogP contribution >= 0.6 is 0 Å². The molecule has 4 heteroatoms. The van der Waals surface area contributed by atoms with Crippen LogP contribution < -0.4 is 11.1 Å². The van der Waals surface area contributed by atoms with Crippen molar-refractivity contribution in [2.45, 2.75) is 38.1 Å². The Morgan fingerprint density at radius 3 is 2.74 bits per heavy atom. The Hall–Kier alpha value is -1.55. The maximum absolute atomic E-state index is 8.95. The molecule has 0 spiro atoms. The molecule has 0 amide bonds. The van der Waals surface area contributed by atoms with Crippen LogP contribution in [0.25, 0.3) is 0 Å². The van der Waals surface area contributed by atoms with Crippen molar-refractivity contribution in [3.05, 3.63) is 35.9 Å². The number of oxime groups is 1. The summed E-state index contributed by atoms with van der Waals surface area (Å²) in [6.07, 6.45) is 3.80. The lowest BCUT2D eigenvalue weighted by Crippen LogP contribution is -2.38. The number of hydrogen-bond acceptors (Lipinski definition) is 3. The van der Waals surface area contributed by atoms with Gasteiger partial charge < -0.3 is 16.3 Å². The summed E-state index contributed by atoms with van der Waals surface area (Å²) in [7, 11) is 0. The molecule has 0 heterocycles. The number of nitrogens with two attached hydrogens (primary N) is 1. The third-order valence-electron chi connectivity index (χ3n) is 4.12. The molecule has 2 rings (SSSR count). The first kappa shape index (κ1) is 13.9. The second-order valence-electron chi connectivity index (χ2n) is 5.41. The van der Waals surface area contributed by atoms with Gasteiger partial charge in [0.2, 0.25) is 0 Å². The van der Waals surface area contributed by atoms with Gasteiger partial charge in [-0.25, -0.2) is 0 Å². The Bertz CT molecular complexity index is 419. The van der Waals surface area contributed by atoms with Crippen molar-refractivity contribution in [2.75, 3.05) is 6.54 Å². The van der Waals surface area contributed by atoms with Gasteiger partial charge in [0, 0.05) is 12.6 Å². The molecule has 3 atom stereocenters. The molecule has 0 aliphatic heterocycles. The van der Waals surface area contributed by atoms with Gasteiger partial charge in [-0.3, -0.25) is 0 Å². The van der Waals surface area contributed by atoms with Gasteiger partial charge in [-0.05, 0) is 24.3 Å². The lowest BCUT2D eigenvalue weighted by Gasteiger charge is -2.22. The highest BCUT2D eigenvalue weighted by molar-refractivity contribution is 5.87. The van der Waals surface area contributed by atoms with E-state index in [2.05, 4.69) is 17.4 Å². The minimum absolute atomic E-state index is 0.0704. The molecule has 19 heavy (non-hydrogen) atoms. The first-order chi connectivity index (χ1) is 9.22. The molecule has 1 aliphatic carbocycles. The van der Waals surface area contributed by atoms with Gasteiger partial charge in [-0.2, -0.15) is 0 Å². The number of nitrogens with zero attached hydrogens (tertiary/aromatic N) is 1. The standard InChI is InChI=1S/C15H23N3O/c1-11-6-5-9-14(11)17-10-13(15(16)18-19)12-7-3-2-4-8-12/h2-4,7-8,11,13-14,17,19H,5-6,9-10H2,1H3,(H2,16,18). The van der Waals surface area contributed by atoms with Gasteiger partial charge in [0.1, 0.15) is 5.84 Å². The Morgan fingerprint density at radius 2 is 2.16 bits per heavy atom. The fourth-order valence-electron chi connectivity index (χ4n) is 2.87. The average Bonchev–Trinajstić information content (AvgIpc) is 2.85. The molecule has 4 nitrogen and oxygen atoms in total. The van der Waals surface area contributed by atoms with Gasteiger partial charge in [-0.1, -0.05) is 48.8 Å². The molecule has 1 aliphatic rings. The Labute approximate surface area is 114 Å². The normalized spacial score (nSPS) is 25.4. The van der Waals surface area contributed by atoms with Gasteiger partial charge in [0.05, 0.1) is 5.92 Å². The molecule has 1 aromatic carbocycles. The van der Waals surface area contributed by atoms with E-state index in [4.69, 9.17) is 10.9 Å². The summed E-state index contributed by atoms with van der Waals surface area (Å²) in [6.45, 7) is 3.00. The van der Waals surface area contributed by atoms with Gasteiger partial charge >= 0.3 is 0 Å². The lowest BCUT2D eigenvalue weighted by molar-refractivity contribution is 0.315. The Morgan fingerprint density at radius 1 is 1.42 bits per heavy atom. The molecule has 0 radical (unpaired) electrons. The first-order valence-electron chi connectivity index (χ1n) is 6.98. The number of benzene rings is 1. The smallest absolute Gasteiger partial charge is 0.147 e. The van der Waals surface area contributed by atoms with Crippen LogP contribution in [0, 0.1) is 5.92 Å². The summed E-state index contributed by atoms with van der Waals surface area (Å²) in [4.78, 5) is 0. The number of hydrogen-bond donors (Lipinski definition) is 3. The third-order valence-corrected chi connectivity index (χ3v) is 4.12. The van der Waals surface area contributed by atoms with Crippen LogP contribution in [0.2, 0.25) is 0 Å². The van der Waals surface area contributed by atoms with E-state index in [1.54, 1.807) is 0 Å². The predicted molar refractivity (Wildman–Crippen MR) is 77.4 cm³/mol. The van der Waals surface area contributed by atoms with E-state index in [0.29, 0.717) is 12.0 Å². The van der Waals surface area contributed by atoms with Crippen molar-refractivity contribution in [1.82, 2.24) is 5.32 Å². The minimum atomic E-state index is -0.0704. The van der Waals surface area contributed by atoms with Crippen LogP contribution in [0.15, 0.2) is 35.5 Å². The maximum Gasteiger partial charge on any atom is 0.147 e. The minimum Gasteiger partial charge on any atom is -0.409 e. The van der Waals surface area contributed by atoms with E-state index in [-0.39, 0.29) is 11.8 Å². The molecule has 3 unspecified atom stereocenters. The molecule has 0 bridgehead atoms. The second-order valence-corrected chi connectivity index (χ2v) is 5.41. The molecular formula is C15H23N3O. The van der Waals surface area contributed by atoms with Gasteiger partial charge in [0.25, 0.3) is 0 Å². The predicted octanol–water partition coefficient (Wildman–Crippen LogP) is 2.29. The second kappa shape index (κ2) is 6.57. The van der Waals surface area contributed by atoms with Crippen molar-refractivity contribution in [3.63, 3.8) is 0 Å². The van der Waals surface area contributed by atoms with Crippen molar-refractivity contribution in [1.29, 1.82) is 0 Å². The molecule has 0 aromatic heterocycles. The summed E-state index contributed by atoms with van der Waals surface area (Å²) in [5.41, 5.74) is 6.91. The molecule has 1 aromatic rings. The first-order valence-corrected chi connectivity index (χ1v) is 6.98. The Kier molecular flexibility index (Phi) is 4.80. The highest BCUT2D eigenvalue weighted by atomic mass is 16.4. The van der Waals surface area contributed by atoms with Crippen molar-refractivity contribution in [2.24, 2.45) is 16.8 Å². The van der Waals surface area contributed by atoms with E-state index in [9.17, 15) is 0 Å². The molecule has 1 saturated carbocycles. The van der Waals surface area contributed by atoms with Crippen molar-refractivity contribution >= 4 is 5.84 Å². The molecule has 4 N–H and O–H groups in total. The molecule has 0 saturated heterocycles. The molecule has 1 fully saturated rings. The zero-order valence-corrected chi connectivity index (χ0v) is 11.4. The van der Waals surface area contributed by atoms with E-state index in [0.717, 1.165) is 12.1 Å². The summed E-state index contributed by atoms with van der Waals surface area (Å²) in [5.74, 6) is 0.909. The largest absolute Gasteiger partial charge is 0.409 e. The number of amidine groups is 1. The summed E-state index contributed by atoms with van der Waals surface area (Å²) in [6, 6.07) is 10.5. The fourth-order valence-corrected chi connectivity index (χ4v) is 2.87. The monoisotopic (exact) mass is 261 g/mol. The SMILES string of the molecule is CC1CCCC1NCC(C(N)=NO)c1ccccc1. The highest BCUT2D eigenvalue weighted by Gasteiger charge is 2.25. The summed E-state index contributed by atoms with van der Waals surface area (Å²) >= 11 is 0. The molecule has 104 valence electrons. The van der Waals surface area contributed by atoms with Crippen LogP contribution in [0.1, 0.15) is 37.7 Å². The van der Waals surface area contributed by atoms with E-state index in [1.807, 2.05) is 30.3 Å². The van der Waals surface area contributed by atoms with Crippen molar-refractivity contribution in [3.8, 4) is 0 Å². The van der Waals surface area contributed by atoms with Gasteiger partial charge in [0.15, 0.2) is 0 Å². The highest BCUT2D eigenvalue weighted by Crippen LogP contribution is 2.25. The zero-order valence-electron chi connectivity index (χ0n) is 11.4. The summed E-state index contributed by atoms with van der Waals surface area (Å²) in [5, 5.41) is 15.7.